The van der Waals surface area contributed by atoms with E-state index in [2.05, 4.69) is 5.32 Å². The maximum atomic E-state index is 12.4. The standard InChI is InChI=1S/C20H22ClNO3/c21-18-8-6-15(7-9-18)19(23)22-14-20(24,16-4-2-1-3-5-16)17-10-12-25-13-11-17/h1-9,17,24H,10-14H2,(H,22,23)/t20-/m0/s1. The molecule has 0 spiro atoms. The molecule has 1 saturated heterocycles. The van der Waals surface area contributed by atoms with Crippen LogP contribution in [0.25, 0.3) is 0 Å². The fraction of sp³-hybridized carbons (Fsp3) is 0.350. The Kier molecular flexibility index (Phi) is 5.74. The van der Waals surface area contributed by atoms with Crippen LogP contribution in [-0.2, 0) is 10.3 Å². The van der Waals surface area contributed by atoms with Crippen LogP contribution in [-0.4, -0.2) is 30.8 Å². The van der Waals surface area contributed by atoms with Gasteiger partial charge < -0.3 is 15.2 Å². The number of ether oxygens (including phenoxy) is 1. The van der Waals surface area contributed by atoms with Gasteiger partial charge in [0.2, 0.25) is 0 Å². The molecule has 1 aliphatic heterocycles. The van der Waals surface area contributed by atoms with E-state index in [0.29, 0.717) is 23.8 Å². The summed E-state index contributed by atoms with van der Waals surface area (Å²) in [5.41, 5.74) is 0.220. The average Bonchev–Trinajstić information content (AvgIpc) is 2.68. The van der Waals surface area contributed by atoms with E-state index < -0.39 is 5.60 Å². The molecule has 2 aromatic carbocycles. The lowest BCUT2D eigenvalue weighted by Gasteiger charge is -2.39. The van der Waals surface area contributed by atoms with Crippen LogP contribution in [0.3, 0.4) is 0 Å². The van der Waals surface area contributed by atoms with Gasteiger partial charge in [0.05, 0.1) is 6.54 Å². The van der Waals surface area contributed by atoms with Crippen molar-refractivity contribution in [2.45, 2.75) is 18.4 Å². The van der Waals surface area contributed by atoms with Crippen molar-refractivity contribution in [2.75, 3.05) is 19.8 Å². The molecule has 0 saturated carbocycles. The Balaban J connectivity index is 1.78. The Morgan fingerprint density at radius 2 is 1.76 bits per heavy atom. The molecular weight excluding hydrogens is 338 g/mol. The Hall–Kier alpha value is -1.88. The number of aliphatic hydroxyl groups is 1. The van der Waals surface area contributed by atoms with E-state index in [1.54, 1.807) is 24.3 Å². The first-order valence-electron chi connectivity index (χ1n) is 8.49. The summed E-state index contributed by atoms with van der Waals surface area (Å²) in [6, 6.07) is 16.2. The molecule has 0 aromatic heterocycles. The molecule has 25 heavy (non-hydrogen) atoms. The van der Waals surface area contributed by atoms with E-state index in [0.717, 1.165) is 18.4 Å². The molecule has 0 aliphatic carbocycles. The minimum Gasteiger partial charge on any atom is -0.383 e. The number of benzene rings is 2. The van der Waals surface area contributed by atoms with Crippen molar-refractivity contribution in [3.05, 3.63) is 70.7 Å². The van der Waals surface area contributed by atoms with Gasteiger partial charge in [-0.15, -0.1) is 0 Å². The summed E-state index contributed by atoms with van der Waals surface area (Å²) >= 11 is 5.86. The summed E-state index contributed by atoms with van der Waals surface area (Å²) in [4.78, 5) is 12.4. The first-order chi connectivity index (χ1) is 12.1. The molecule has 1 atom stereocenters. The van der Waals surface area contributed by atoms with E-state index >= 15 is 0 Å². The van der Waals surface area contributed by atoms with Gasteiger partial charge in [-0.3, -0.25) is 4.79 Å². The number of carbonyl (C=O) groups is 1. The predicted molar refractivity (Wildman–Crippen MR) is 97.7 cm³/mol. The number of carbonyl (C=O) groups excluding carboxylic acids is 1. The number of amides is 1. The highest BCUT2D eigenvalue weighted by atomic mass is 35.5. The SMILES string of the molecule is O=C(NC[C@](O)(c1ccccc1)C1CCOCC1)c1ccc(Cl)cc1. The Morgan fingerprint density at radius 1 is 1.12 bits per heavy atom. The summed E-state index contributed by atoms with van der Waals surface area (Å²) < 4.78 is 5.43. The molecule has 0 bridgehead atoms. The van der Waals surface area contributed by atoms with Gasteiger partial charge in [-0.1, -0.05) is 41.9 Å². The molecule has 132 valence electrons. The number of halogens is 1. The predicted octanol–water partition coefficient (Wildman–Crippen LogP) is 3.38. The molecule has 1 heterocycles. The Bertz CT molecular complexity index is 699. The first kappa shape index (κ1) is 17.9. The largest absolute Gasteiger partial charge is 0.383 e. The zero-order valence-electron chi connectivity index (χ0n) is 14.0. The maximum absolute atomic E-state index is 12.4. The Labute approximate surface area is 152 Å². The van der Waals surface area contributed by atoms with Crippen molar-refractivity contribution >= 4 is 17.5 Å². The minimum absolute atomic E-state index is 0.0363. The van der Waals surface area contributed by atoms with Gasteiger partial charge in [-0.25, -0.2) is 0 Å². The molecule has 5 heteroatoms. The van der Waals surface area contributed by atoms with Crippen molar-refractivity contribution in [3.63, 3.8) is 0 Å². The minimum atomic E-state index is -1.12. The van der Waals surface area contributed by atoms with Crippen molar-refractivity contribution in [1.29, 1.82) is 0 Å². The molecule has 0 unspecified atom stereocenters. The fourth-order valence-electron chi connectivity index (χ4n) is 3.30. The third-order valence-corrected chi connectivity index (χ3v) is 5.05. The van der Waals surface area contributed by atoms with Crippen LogP contribution in [0.2, 0.25) is 5.02 Å². The van der Waals surface area contributed by atoms with Crippen LogP contribution in [0.1, 0.15) is 28.8 Å². The van der Waals surface area contributed by atoms with Crippen molar-refractivity contribution in [2.24, 2.45) is 5.92 Å². The monoisotopic (exact) mass is 359 g/mol. The summed E-state index contributed by atoms with van der Waals surface area (Å²) in [5, 5.41) is 14.9. The van der Waals surface area contributed by atoms with Crippen molar-refractivity contribution in [3.8, 4) is 0 Å². The zero-order chi connectivity index (χ0) is 17.7. The van der Waals surface area contributed by atoms with Crippen molar-refractivity contribution in [1.82, 2.24) is 5.32 Å². The van der Waals surface area contributed by atoms with Gasteiger partial charge in [-0.2, -0.15) is 0 Å². The van der Waals surface area contributed by atoms with Crippen LogP contribution in [0, 0.1) is 5.92 Å². The second-order valence-corrected chi connectivity index (χ2v) is 6.80. The second kappa shape index (κ2) is 8.00. The Morgan fingerprint density at radius 3 is 2.40 bits per heavy atom. The van der Waals surface area contributed by atoms with Gasteiger partial charge in [-0.05, 0) is 48.6 Å². The molecule has 1 fully saturated rings. The summed E-state index contributed by atoms with van der Waals surface area (Å²) in [6.07, 6.45) is 1.53. The van der Waals surface area contributed by atoms with Gasteiger partial charge >= 0.3 is 0 Å². The lowest BCUT2D eigenvalue weighted by Crippen LogP contribution is -2.47. The average molecular weight is 360 g/mol. The molecule has 1 amide bonds. The highest BCUT2D eigenvalue weighted by Gasteiger charge is 2.39. The van der Waals surface area contributed by atoms with Gasteiger partial charge in [0.1, 0.15) is 5.60 Å². The summed E-state index contributed by atoms with van der Waals surface area (Å²) in [5.74, 6) is -0.188. The first-order valence-corrected chi connectivity index (χ1v) is 8.87. The number of hydrogen-bond acceptors (Lipinski definition) is 3. The third-order valence-electron chi connectivity index (χ3n) is 4.80. The van der Waals surface area contributed by atoms with Gasteiger partial charge in [0, 0.05) is 23.8 Å². The van der Waals surface area contributed by atoms with Crippen LogP contribution >= 0.6 is 11.6 Å². The molecular formula is C20H22ClNO3. The van der Waals surface area contributed by atoms with E-state index in [1.165, 1.54) is 0 Å². The number of hydrogen-bond donors (Lipinski definition) is 2. The van der Waals surface area contributed by atoms with E-state index in [-0.39, 0.29) is 18.4 Å². The molecule has 3 rings (SSSR count). The molecule has 0 radical (unpaired) electrons. The molecule has 2 N–H and O–H groups in total. The quantitative estimate of drug-likeness (QED) is 0.860. The number of rotatable bonds is 5. The highest BCUT2D eigenvalue weighted by Crippen LogP contribution is 2.35. The maximum Gasteiger partial charge on any atom is 0.251 e. The zero-order valence-corrected chi connectivity index (χ0v) is 14.7. The van der Waals surface area contributed by atoms with Gasteiger partial charge in [0.15, 0.2) is 0 Å². The molecule has 2 aromatic rings. The summed E-state index contributed by atoms with van der Waals surface area (Å²) in [6.45, 7) is 1.42. The lowest BCUT2D eigenvalue weighted by atomic mass is 9.77. The normalized spacial score (nSPS) is 17.7. The van der Waals surface area contributed by atoms with E-state index in [9.17, 15) is 9.90 Å². The van der Waals surface area contributed by atoms with Crippen molar-refractivity contribution < 1.29 is 14.6 Å². The van der Waals surface area contributed by atoms with Crippen LogP contribution in [0.4, 0.5) is 0 Å². The summed E-state index contributed by atoms with van der Waals surface area (Å²) in [7, 11) is 0. The van der Waals surface area contributed by atoms with Crippen LogP contribution in [0.5, 0.6) is 0 Å². The smallest absolute Gasteiger partial charge is 0.251 e. The topological polar surface area (TPSA) is 58.6 Å². The van der Waals surface area contributed by atoms with Crippen LogP contribution in [0.15, 0.2) is 54.6 Å². The fourth-order valence-corrected chi connectivity index (χ4v) is 3.43. The lowest BCUT2D eigenvalue weighted by molar-refractivity contribution is -0.0680. The number of nitrogens with one attached hydrogen (secondary N) is 1. The third kappa shape index (κ3) is 4.21. The second-order valence-electron chi connectivity index (χ2n) is 6.37. The van der Waals surface area contributed by atoms with E-state index in [1.807, 2.05) is 30.3 Å². The van der Waals surface area contributed by atoms with Gasteiger partial charge in [0.25, 0.3) is 5.91 Å². The van der Waals surface area contributed by atoms with E-state index in [4.69, 9.17) is 16.3 Å². The molecule has 1 aliphatic rings. The molecule has 4 nitrogen and oxygen atoms in total. The highest BCUT2D eigenvalue weighted by molar-refractivity contribution is 6.30. The van der Waals surface area contributed by atoms with Crippen LogP contribution < -0.4 is 5.32 Å².